The van der Waals surface area contributed by atoms with Crippen LogP contribution in [-0.4, -0.2) is 50.5 Å². The summed E-state index contributed by atoms with van der Waals surface area (Å²) in [5.74, 6) is -0.828. The molecular formula is C25H33Cl2N3O4S. The maximum absolute atomic E-state index is 13.6. The highest BCUT2D eigenvalue weighted by Crippen LogP contribution is 2.29. The summed E-state index contributed by atoms with van der Waals surface area (Å²) in [5, 5.41) is 3.59. The second kappa shape index (κ2) is 12.6. The SMILES string of the molecule is CCCNC(=O)[C@H](C)N(Cc1ccc(Cl)cc1Cl)C(=O)CN(c1ccccc1C(C)C)S(C)(=O)=O. The average Bonchev–Trinajstić information content (AvgIpc) is 2.79. The van der Waals surface area contributed by atoms with Crippen LogP contribution < -0.4 is 9.62 Å². The van der Waals surface area contributed by atoms with Gasteiger partial charge in [-0.15, -0.1) is 0 Å². The van der Waals surface area contributed by atoms with Gasteiger partial charge in [0.15, 0.2) is 0 Å². The van der Waals surface area contributed by atoms with E-state index in [0.29, 0.717) is 27.8 Å². The van der Waals surface area contributed by atoms with Crippen LogP contribution in [0.5, 0.6) is 0 Å². The average molecular weight is 543 g/mol. The fourth-order valence-corrected chi connectivity index (χ4v) is 4.95. The first-order chi connectivity index (χ1) is 16.4. The van der Waals surface area contributed by atoms with Crippen molar-refractivity contribution in [2.24, 2.45) is 0 Å². The van der Waals surface area contributed by atoms with Crippen LogP contribution in [0.4, 0.5) is 5.69 Å². The van der Waals surface area contributed by atoms with Crippen molar-refractivity contribution in [3.05, 3.63) is 63.6 Å². The first kappa shape index (κ1) is 28.9. The molecule has 0 aliphatic heterocycles. The van der Waals surface area contributed by atoms with Gasteiger partial charge in [0.05, 0.1) is 11.9 Å². The molecule has 35 heavy (non-hydrogen) atoms. The molecule has 10 heteroatoms. The van der Waals surface area contributed by atoms with E-state index in [1.54, 1.807) is 37.3 Å². The molecule has 0 heterocycles. The summed E-state index contributed by atoms with van der Waals surface area (Å²) in [7, 11) is -3.81. The summed E-state index contributed by atoms with van der Waals surface area (Å²) in [6.07, 6.45) is 1.80. The summed E-state index contributed by atoms with van der Waals surface area (Å²) < 4.78 is 26.7. The predicted octanol–water partition coefficient (Wildman–Crippen LogP) is 4.83. The largest absolute Gasteiger partial charge is 0.354 e. The minimum absolute atomic E-state index is 0.0129. The lowest BCUT2D eigenvalue weighted by Gasteiger charge is -2.32. The molecule has 2 aromatic rings. The van der Waals surface area contributed by atoms with Gasteiger partial charge in [-0.1, -0.05) is 68.2 Å². The number of amides is 2. The number of nitrogens with one attached hydrogen (secondary N) is 1. The van der Waals surface area contributed by atoms with E-state index >= 15 is 0 Å². The zero-order valence-corrected chi connectivity index (χ0v) is 23.0. The first-order valence-corrected chi connectivity index (χ1v) is 14.0. The number of hydrogen-bond acceptors (Lipinski definition) is 4. The number of hydrogen-bond donors (Lipinski definition) is 1. The van der Waals surface area contributed by atoms with Gasteiger partial charge in [-0.3, -0.25) is 13.9 Å². The van der Waals surface area contributed by atoms with Crippen LogP contribution in [-0.2, 0) is 26.2 Å². The molecule has 0 radical (unpaired) electrons. The Morgan fingerprint density at radius 1 is 1.06 bits per heavy atom. The van der Waals surface area contributed by atoms with E-state index < -0.39 is 28.5 Å². The van der Waals surface area contributed by atoms with E-state index in [1.165, 1.54) is 4.90 Å². The zero-order valence-electron chi connectivity index (χ0n) is 20.7. The number of nitrogens with zero attached hydrogens (tertiary/aromatic N) is 2. The lowest BCUT2D eigenvalue weighted by molar-refractivity contribution is -0.139. The third-order valence-electron chi connectivity index (χ3n) is 5.58. The van der Waals surface area contributed by atoms with E-state index in [4.69, 9.17) is 23.2 Å². The van der Waals surface area contributed by atoms with Gasteiger partial charge in [-0.05, 0) is 48.6 Å². The Hall–Kier alpha value is -2.29. The van der Waals surface area contributed by atoms with Crippen LogP contribution in [0.3, 0.4) is 0 Å². The molecule has 1 N–H and O–H groups in total. The van der Waals surface area contributed by atoms with Crippen LogP contribution in [0.1, 0.15) is 51.2 Å². The topological polar surface area (TPSA) is 86.8 Å². The molecule has 7 nitrogen and oxygen atoms in total. The number of rotatable bonds is 11. The molecule has 0 aromatic heterocycles. The van der Waals surface area contributed by atoms with Crippen LogP contribution in [0.25, 0.3) is 0 Å². The van der Waals surface area contributed by atoms with Crippen molar-refractivity contribution in [3.8, 4) is 0 Å². The van der Waals surface area contributed by atoms with Crippen molar-refractivity contribution < 1.29 is 18.0 Å². The molecular weight excluding hydrogens is 509 g/mol. The molecule has 192 valence electrons. The van der Waals surface area contributed by atoms with E-state index in [-0.39, 0.29) is 18.4 Å². The molecule has 0 unspecified atom stereocenters. The van der Waals surface area contributed by atoms with Gasteiger partial charge in [0.25, 0.3) is 0 Å². The highest BCUT2D eigenvalue weighted by Gasteiger charge is 2.31. The standard InChI is InChI=1S/C25H33Cl2N3O4S/c1-6-13-28-25(32)18(4)29(15-19-11-12-20(26)14-22(19)27)24(31)16-30(35(5,33)34)23-10-8-7-9-21(23)17(2)3/h7-12,14,17-18H,6,13,15-16H2,1-5H3,(H,28,32)/t18-/m0/s1. The van der Waals surface area contributed by atoms with Crippen molar-refractivity contribution in [1.82, 2.24) is 10.2 Å². The molecule has 1 atom stereocenters. The second-order valence-corrected chi connectivity index (χ2v) is 11.5. The van der Waals surface area contributed by atoms with Gasteiger partial charge in [0, 0.05) is 23.1 Å². The van der Waals surface area contributed by atoms with Gasteiger partial charge >= 0.3 is 0 Å². The van der Waals surface area contributed by atoms with Crippen molar-refractivity contribution >= 4 is 50.7 Å². The minimum atomic E-state index is -3.81. The number of benzene rings is 2. The molecule has 0 spiro atoms. The van der Waals surface area contributed by atoms with Gasteiger partial charge < -0.3 is 10.2 Å². The predicted molar refractivity (Wildman–Crippen MR) is 142 cm³/mol. The summed E-state index contributed by atoms with van der Waals surface area (Å²) in [6, 6.07) is 11.1. The molecule has 2 rings (SSSR count). The fraction of sp³-hybridized carbons (Fsp3) is 0.440. The Balaban J connectivity index is 2.47. The normalized spacial score (nSPS) is 12.3. The lowest BCUT2D eigenvalue weighted by atomic mass is 10.0. The number of para-hydroxylation sites is 1. The van der Waals surface area contributed by atoms with E-state index in [2.05, 4.69) is 5.32 Å². The third-order valence-corrected chi connectivity index (χ3v) is 7.29. The summed E-state index contributed by atoms with van der Waals surface area (Å²) in [4.78, 5) is 27.8. The fourth-order valence-electron chi connectivity index (χ4n) is 3.61. The van der Waals surface area contributed by atoms with E-state index in [9.17, 15) is 18.0 Å². The van der Waals surface area contributed by atoms with E-state index in [0.717, 1.165) is 22.5 Å². The highest BCUT2D eigenvalue weighted by atomic mass is 35.5. The Morgan fingerprint density at radius 3 is 2.29 bits per heavy atom. The molecule has 0 aliphatic rings. The number of carbonyl (C=O) groups excluding carboxylic acids is 2. The number of halogens is 2. The number of carbonyl (C=O) groups is 2. The molecule has 0 aliphatic carbocycles. The number of anilines is 1. The quantitative estimate of drug-likeness (QED) is 0.441. The van der Waals surface area contributed by atoms with Crippen LogP contribution in [0, 0.1) is 0 Å². The molecule has 0 saturated carbocycles. The van der Waals surface area contributed by atoms with Gasteiger partial charge in [-0.2, -0.15) is 0 Å². The molecule has 0 saturated heterocycles. The Labute approximate surface area is 218 Å². The molecule has 2 aromatic carbocycles. The van der Waals surface area contributed by atoms with Crippen molar-refractivity contribution in [2.75, 3.05) is 23.7 Å². The highest BCUT2D eigenvalue weighted by molar-refractivity contribution is 7.92. The summed E-state index contributed by atoms with van der Waals surface area (Å²) in [6.45, 7) is 7.46. The van der Waals surface area contributed by atoms with Gasteiger partial charge in [-0.25, -0.2) is 8.42 Å². The Bertz CT molecular complexity index is 1160. The smallest absolute Gasteiger partial charge is 0.244 e. The van der Waals surface area contributed by atoms with Gasteiger partial charge in [0.1, 0.15) is 12.6 Å². The summed E-state index contributed by atoms with van der Waals surface area (Å²) in [5.41, 5.74) is 1.82. The number of sulfonamides is 1. The van der Waals surface area contributed by atoms with Crippen LogP contribution >= 0.6 is 23.2 Å². The maximum atomic E-state index is 13.6. The minimum Gasteiger partial charge on any atom is -0.354 e. The maximum Gasteiger partial charge on any atom is 0.244 e. The van der Waals surface area contributed by atoms with Crippen molar-refractivity contribution in [1.29, 1.82) is 0 Å². The van der Waals surface area contributed by atoms with Crippen LogP contribution in [0.2, 0.25) is 10.0 Å². The second-order valence-electron chi connectivity index (χ2n) is 8.71. The van der Waals surface area contributed by atoms with Crippen molar-refractivity contribution in [2.45, 2.75) is 52.6 Å². The monoisotopic (exact) mass is 541 g/mol. The van der Waals surface area contributed by atoms with E-state index in [1.807, 2.05) is 32.9 Å². The molecule has 0 bridgehead atoms. The zero-order chi connectivity index (χ0) is 26.3. The first-order valence-electron chi connectivity index (χ1n) is 11.4. The molecule has 0 fully saturated rings. The molecule has 2 amide bonds. The third kappa shape index (κ3) is 7.85. The lowest BCUT2D eigenvalue weighted by Crippen LogP contribution is -2.51. The van der Waals surface area contributed by atoms with Crippen LogP contribution in [0.15, 0.2) is 42.5 Å². The Kier molecular flexibility index (Phi) is 10.4. The summed E-state index contributed by atoms with van der Waals surface area (Å²) >= 11 is 12.4. The van der Waals surface area contributed by atoms with Crippen molar-refractivity contribution in [3.63, 3.8) is 0 Å². The van der Waals surface area contributed by atoms with Gasteiger partial charge in [0.2, 0.25) is 21.8 Å². The Morgan fingerprint density at radius 2 is 1.71 bits per heavy atom.